The van der Waals surface area contributed by atoms with Crippen LogP contribution in [0.5, 0.6) is 0 Å². The molecular formula is C15H8Cl2F9N5O2S. The van der Waals surface area contributed by atoms with E-state index in [0.717, 1.165) is 0 Å². The zero-order valence-electron chi connectivity index (χ0n) is 16.0. The van der Waals surface area contributed by atoms with Crippen LogP contribution in [0.3, 0.4) is 0 Å². The van der Waals surface area contributed by atoms with Crippen molar-refractivity contribution < 1.29 is 47.9 Å². The highest BCUT2D eigenvalue weighted by molar-refractivity contribution is 7.88. The van der Waals surface area contributed by atoms with E-state index in [2.05, 4.69) is 9.98 Å². The molecule has 0 saturated heterocycles. The molecule has 0 radical (unpaired) electrons. The van der Waals surface area contributed by atoms with Gasteiger partial charge in [0.25, 0.3) is 0 Å². The quantitative estimate of drug-likeness (QED) is 0.537. The summed E-state index contributed by atoms with van der Waals surface area (Å²) in [5.41, 5.74) is -0.101. The smallest absolute Gasteiger partial charge is 0.384 e. The number of benzene rings is 1. The van der Waals surface area contributed by atoms with E-state index in [4.69, 9.17) is 28.9 Å². The molecule has 0 amide bonds. The predicted octanol–water partition coefficient (Wildman–Crippen LogP) is 4.48. The lowest BCUT2D eigenvalue weighted by Gasteiger charge is -2.33. The molecular weight excluding hydrogens is 556 g/mol. The van der Waals surface area contributed by atoms with E-state index >= 15 is 0 Å². The third-order valence-corrected chi connectivity index (χ3v) is 5.92. The number of sulfonamides is 1. The number of halogens is 11. The molecule has 2 aliphatic heterocycles. The van der Waals surface area contributed by atoms with Crippen LogP contribution in [0, 0.1) is 0 Å². The van der Waals surface area contributed by atoms with Crippen LogP contribution in [-0.4, -0.2) is 49.2 Å². The Kier molecular flexibility index (Phi) is 6.12. The molecule has 7 nitrogen and oxygen atoms in total. The maximum absolute atomic E-state index is 13.6. The minimum atomic E-state index is -5.57. The van der Waals surface area contributed by atoms with Gasteiger partial charge < -0.3 is 5.73 Å². The Labute approximate surface area is 193 Å². The van der Waals surface area contributed by atoms with Crippen LogP contribution in [0.1, 0.15) is 5.56 Å². The van der Waals surface area contributed by atoms with Gasteiger partial charge in [0.2, 0.25) is 15.9 Å². The van der Waals surface area contributed by atoms with Gasteiger partial charge in [-0.3, -0.25) is 0 Å². The average Bonchev–Trinajstić information content (AvgIpc) is 2.91. The third-order valence-electron chi connectivity index (χ3n) is 4.30. The second-order valence-corrected chi connectivity index (χ2v) is 9.37. The Balaban J connectivity index is 2.37. The van der Waals surface area contributed by atoms with Gasteiger partial charge in [-0.15, -0.1) is 0 Å². The summed E-state index contributed by atoms with van der Waals surface area (Å²) in [6.45, 7) is 0. The monoisotopic (exact) mass is 563 g/mol. The second kappa shape index (κ2) is 7.89. The summed E-state index contributed by atoms with van der Waals surface area (Å²) in [5, 5.41) is -1.72. The minimum absolute atomic E-state index is 0.121. The molecule has 3 rings (SSSR count). The summed E-state index contributed by atoms with van der Waals surface area (Å²) in [6, 6.07) is 0.540. The molecule has 2 heterocycles. The Morgan fingerprint density at radius 1 is 0.941 bits per heavy atom. The SMILES string of the molecule is CS(=O)(=O)N1C2N=C(C(F)(F)F)N=C(C(F)(F)F)C2=C(N)N1c1c(Cl)cc(C(F)(F)F)cc1Cl. The molecule has 0 fully saturated rings. The van der Waals surface area contributed by atoms with Gasteiger partial charge in [-0.1, -0.05) is 27.6 Å². The fourth-order valence-corrected chi connectivity index (χ4v) is 4.70. The summed E-state index contributed by atoms with van der Waals surface area (Å²) >= 11 is 11.7. The van der Waals surface area contributed by atoms with Gasteiger partial charge in [-0.25, -0.2) is 23.4 Å². The van der Waals surface area contributed by atoms with Gasteiger partial charge in [0.15, 0.2) is 11.9 Å². The van der Waals surface area contributed by atoms with Gasteiger partial charge in [-0.2, -0.15) is 39.5 Å². The number of nitrogens with zero attached hydrogens (tertiary/aromatic N) is 4. The van der Waals surface area contributed by atoms with Crippen molar-refractivity contribution >= 4 is 50.5 Å². The van der Waals surface area contributed by atoms with Crippen LogP contribution in [0.25, 0.3) is 0 Å². The van der Waals surface area contributed by atoms with Crippen molar-refractivity contribution in [1.82, 2.24) is 4.41 Å². The lowest BCUT2D eigenvalue weighted by atomic mass is 10.1. The Morgan fingerprint density at radius 2 is 1.44 bits per heavy atom. The fraction of sp³-hybridized carbons (Fsp3) is 0.333. The molecule has 34 heavy (non-hydrogen) atoms. The maximum Gasteiger partial charge on any atom is 0.451 e. The number of rotatable bonds is 2. The second-order valence-electron chi connectivity index (χ2n) is 6.71. The average molecular weight is 564 g/mol. The summed E-state index contributed by atoms with van der Waals surface area (Å²) in [7, 11) is -4.81. The highest BCUT2D eigenvalue weighted by Crippen LogP contribution is 2.47. The molecule has 2 aliphatic rings. The van der Waals surface area contributed by atoms with Crippen LogP contribution in [0.15, 0.2) is 33.5 Å². The number of alkyl halides is 9. The molecule has 1 aromatic carbocycles. The normalized spacial score (nSPS) is 20.5. The van der Waals surface area contributed by atoms with Crippen molar-refractivity contribution in [3.8, 4) is 0 Å². The maximum atomic E-state index is 13.6. The van der Waals surface area contributed by atoms with Gasteiger partial charge >= 0.3 is 18.5 Å². The molecule has 188 valence electrons. The van der Waals surface area contributed by atoms with E-state index < -0.39 is 79.0 Å². The molecule has 0 bridgehead atoms. The van der Waals surface area contributed by atoms with Crippen molar-refractivity contribution in [1.29, 1.82) is 0 Å². The molecule has 2 N–H and O–H groups in total. The highest BCUT2D eigenvalue weighted by Gasteiger charge is 2.56. The standard InChI is InChI=1S/C15H8Cl2F9N5O2S/c1-34(32,33)31-11-7(9(14(21,22)23)28-12(29-11)15(24,25)26)10(27)30(31)8-5(16)2-4(3-6(8)17)13(18,19)20/h2-3,11H,27H2,1H3. The van der Waals surface area contributed by atoms with Crippen LogP contribution >= 0.6 is 23.2 Å². The zero-order chi connectivity index (χ0) is 26.2. The molecule has 19 heteroatoms. The van der Waals surface area contributed by atoms with Gasteiger partial charge in [0, 0.05) is 0 Å². The van der Waals surface area contributed by atoms with E-state index in [1.54, 1.807) is 0 Å². The first-order valence-electron chi connectivity index (χ1n) is 8.32. The summed E-state index contributed by atoms with van der Waals surface area (Å²) in [4.78, 5) is 5.44. The van der Waals surface area contributed by atoms with E-state index in [-0.39, 0.29) is 21.6 Å². The number of amidine groups is 1. The molecule has 1 aromatic rings. The number of anilines is 1. The number of nitrogens with two attached hydrogens (primary N) is 1. The number of hydrogen-bond acceptors (Lipinski definition) is 6. The largest absolute Gasteiger partial charge is 0.451 e. The Morgan fingerprint density at radius 3 is 1.82 bits per heavy atom. The molecule has 0 spiro atoms. The first-order chi connectivity index (χ1) is 15.2. The van der Waals surface area contributed by atoms with Crippen LogP contribution in [0.4, 0.5) is 45.2 Å². The number of fused-ring (bicyclic) bond motifs is 1. The van der Waals surface area contributed by atoms with Crippen molar-refractivity contribution in [2.75, 3.05) is 11.3 Å². The first-order valence-corrected chi connectivity index (χ1v) is 10.9. The van der Waals surface area contributed by atoms with Crippen molar-refractivity contribution in [3.63, 3.8) is 0 Å². The number of hydrazine groups is 1. The Bertz CT molecular complexity index is 1230. The molecule has 1 unspecified atom stereocenters. The van der Waals surface area contributed by atoms with Crippen LogP contribution in [-0.2, 0) is 16.2 Å². The van der Waals surface area contributed by atoms with Gasteiger partial charge in [0.05, 0.1) is 33.1 Å². The summed E-state index contributed by atoms with van der Waals surface area (Å²) < 4.78 is 144. The van der Waals surface area contributed by atoms with E-state index in [1.165, 1.54) is 0 Å². The zero-order valence-corrected chi connectivity index (χ0v) is 18.3. The first kappa shape index (κ1) is 26.4. The summed E-state index contributed by atoms with van der Waals surface area (Å²) in [5.74, 6) is -3.50. The predicted molar refractivity (Wildman–Crippen MR) is 103 cm³/mol. The molecule has 1 atom stereocenters. The van der Waals surface area contributed by atoms with Crippen molar-refractivity contribution in [3.05, 3.63) is 39.1 Å². The topological polar surface area (TPSA) is 91.4 Å². The van der Waals surface area contributed by atoms with E-state index in [9.17, 15) is 47.9 Å². The van der Waals surface area contributed by atoms with Crippen molar-refractivity contribution in [2.24, 2.45) is 15.7 Å². The fourth-order valence-electron chi connectivity index (χ4n) is 3.07. The minimum Gasteiger partial charge on any atom is -0.384 e. The van der Waals surface area contributed by atoms with Crippen LogP contribution < -0.4 is 10.7 Å². The van der Waals surface area contributed by atoms with E-state index in [0.29, 0.717) is 6.26 Å². The number of aliphatic imine (C=N–C) groups is 2. The van der Waals surface area contributed by atoms with Gasteiger partial charge in [-0.05, 0) is 12.1 Å². The Hall–Kier alpha value is -2.24. The van der Waals surface area contributed by atoms with Crippen LogP contribution in [0.2, 0.25) is 10.0 Å². The lowest BCUT2D eigenvalue weighted by molar-refractivity contribution is -0.137. The molecule has 0 aromatic heterocycles. The summed E-state index contributed by atoms with van der Waals surface area (Å²) in [6.07, 6.45) is -18.3. The third kappa shape index (κ3) is 4.52. The lowest BCUT2D eigenvalue weighted by Crippen LogP contribution is -2.49. The van der Waals surface area contributed by atoms with E-state index in [1.807, 2.05) is 0 Å². The van der Waals surface area contributed by atoms with Gasteiger partial charge in [0.1, 0.15) is 5.82 Å². The molecule has 0 saturated carbocycles. The van der Waals surface area contributed by atoms with Crippen molar-refractivity contribution in [2.45, 2.75) is 24.7 Å². The number of hydrogen-bond donors (Lipinski definition) is 1. The highest BCUT2D eigenvalue weighted by atomic mass is 35.5. The molecule has 0 aliphatic carbocycles.